The minimum atomic E-state index is -1.81. The summed E-state index contributed by atoms with van der Waals surface area (Å²) in [4.78, 5) is 12.8. The number of hydrogen-bond donors (Lipinski definition) is 0. The average molecular weight is 206 g/mol. The molecule has 0 unspecified atom stereocenters. The van der Waals surface area contributed by atoms with Crippen molar-refractivity contribution in [1.29, 1.82) is 0 Å². The molecule has 1 aliphatic rings. The Hall–Kier alpha value is -0.453. The molecule has 0 aromatic heterocycles. The standard InChI is InChI=1S/C10H16N2O2.Li/c1-11-6-8-12(9-7-11)5-3-2-4-10(13)14;/h3,5-9H2,1H3,(H,13,14);/q;+1/p-1/i8D2,9D2;. The Balaban J connectivity index is 0.00000324. The van der Waals surface area contributed by atoms with Crippen LogP contribution in [0.5, 0.6) is 0 Å². The van der Waals surface area contributed by atoms with Gasteiger partial charge < -0.3 is 14.8 Å². The van der Waals surface area contributed by atoms with Crippen LogP contribution < -0.4 is 24.0 Å². The number of carboxylic acid groups (broad SMARTS) is 1. The zero-order valence-corrected chi connectivity index (χ0v) is 9.04. The molecular weight excluding hydrogens is 187 g/mol. The van der Waals surface area contributed by atoms with Gasteiger partial charge in [-0.25, -0.2) is 0 Å². The smallest absolute Gasteiger partial charge is 0.537 e. The van der Waals surface area contributed by atoms with E-state index >= 15 is 0 Å². The van der Waals surface area contributed by atoms with E-state index < -0.39 is 19.0 Å². The van der Waals surface area contributed by atoms with Crippen molar-refractivity contribution in [3.63, 3.8) is 0 Å². The molecule has 0 bridgehead atoms. The summed E-state index contributed by atoms with van der Waals surface area (Å²) in [6, 6.07) is 0. The van der Waals surface area contributed by atoms with Gasteiger partial charge in [-0.05, 0) is 13.0 Å². The third-order valence-corrected chi connectivity index (χ3v) is 1.71. The quantitative estimate of drug-likeness (QED) is 0.337. The second-order valence-electron chi connectivity index (χ2n) is 2.98. The van der Waals surface area contributed by atoms with Crippen LogP contribution in [0.25, 0.3) is 0 Å². The fourth-order valence-electron chi connectivity index (χ4n) is 0.984. The third-order valence-electron chi connectivity index (χ3n) is 1.71. The number of piperazine rings is 1. The number of carbonyl (C=O) groups excluding carboxylic acids is 1. The summed E-state index contributed by atoms with van der Waals surface area (Å²) in [6.45, 7) is -3.38. The number of nitrogens with zero attached hydrogens (tertiary/aromatic N) is 2. The first-order valence-electron chi connectivity index (χ1n) is 6.31. The number of carbonyl (C=O) groups is 1. The number of likely N-dealkylation sites (N-methyl/N-ethyl adjacent to an activating group) is 1. The van der Waals surface area contributed by atoms with Crippen molar-refractivity contribution in [2.24, 2.45) is 0 Å². The fraction of sp³-hybridized carbons (Fsp3) is 0.700. The van der Waals surface area contributed by atoms with Gasteiger partial charge in [0.2, 0.25) is 0 Å². The molecule has 1 fully saturated rings. The Bertz CT molecular complexity index is 377. The second kappa shape index (κ2) is 7.79. The Labute approximate surface area is 108 Å². The average Bonchev–Trinajstić information content (AvgIpc) is 2.11. The molecule has 0 amide bonds. The van der Waals surface area contributed by atoms with Crippen molar-refractivity contribution in [2.75, 3.05) is 39.7 Å². The number of carboxylic acids is 1. The monoisotopic (exact) mass is 206 g/mol. The Kier molecular flexibility index (Phi) is 4.50. The molecule has 0 N–H and O–H groups in total. The summed E-state index contributed by atoms with van der Waals surface area (Å²) < 4.78 is 31.3. The predicted molar refractivity (Wildman–Crippen MR) is 51.3 cm³/mol. The maximum atomic E-state index is 10.1. The number of hydrogen-bond acceptors (Lipinski definition) is 4. The Morgan fingerprint density at radius 1 is 1.53 bits per heavy atom. The molecule has 0 aromatic carbocycles. The largest absolute Gasteiger partial charge is 1.00 e. The van der Waals surface area contributed by atoms with Crippen molar-refractivity contribution in [2.45, 2.75) is 6.42 Å². The fourth-order valence-corrected chi connectivity index (χ4v) is 0.984. The summed E-state index contributed by atoms with van der Waals surface area (Å²) in [7, 11) is 1.66. The first-order valence-corrected chi connectivity index (χ1v) is 4.31. The number of rotatable bonds is 2. The molecule has 0 aromatic rings. The van der Waals surface area contributed by atoms with Gasteiger partial charge in [0.15, 0.2) is 0 Å². The molecule has 1 saturated heterocycles. The normalized spacial score (nSPS) is 28.1. The predicted octanol–water partition coefficient (Wildman–Crippen LogP) is -4.62. The van der Waals surface area contributed by atoms with Crippen LogP contribution in [0.4, 0.5) is 0 Å². The van der Waals surface area contributed by atoms with E-state index in [2.05, 4.69) is 5.92 Å². The summed E-state index contributed by atoms with van der Waals surface area (Å²) in [6.07, 6.45) is 0.0801. The van der Waals surface area contributed by atoms with Crippen LogP contribution in [0.15, 0.2) is 0 Å². The molecule has 1 heterocycles. The SMILES string of the molecule is [2H]C1([2H])CN(C)CC([2H])([2H])N1CCC#CC(=O)[O-].[Li+]. The van der Waals surface area contributed by atoms with Crippen LogP contribution in [0.3, 0.4) is 0 Å². The zero-order valence-electron chi connectivity index (χ0n) is 13.0. The van der Waals surface area contributed by atoms with Crippen molar-refractivity contribution < 1.29 is 34.2 Å². The first-order chi connectivity index (χ1) is 8.15. The third kappa shape index (κ3) is 6.60. The van der Waals surface area contributed by atoms with E-state index in [1.54, 1.807) is 11.9 Å². The topological polar surface area (TPSA) is 46.6 Å². The first kappa shape index (κ1) is 8.67. The van der Waals surface area contributed by atoms with E-state index in [1.807, 2.05) is 5.92 Å². The molecule has 78 valence electrons. The van der Waals surface area contributed by atoms with Crippen LogP contribution >= 0.6 is 0 Å². The van der Waals surface area contributed by atoms with Gasteiger partial charge in [-0.2, -0.15) is 0 Å². The molecule has 0 aliphatic carbocycles. The zero-order chi connectivity index (χ0) is 14.0. The van der Waals surface area contributed by atoms with Crippen LogP contribution in [-0.4, -0.2) is 55.4 Å². The molecule has 0 saturated carbocycles. The molecule has 4 nitrogen and oxygen atoms in total. The maximum absolute atomic E-state index is 10.1. The minimum Gasteiger partial charge on any atom is -0.537 e. The van der Waals surface area contributed by atoms with Crippen LogP contribution in [0.2, 0.25) is 0 Å². The van der Waals surface area contributed by atoms with Crippen LogP contribution in [0, 0.1) is 11.8 Å². The van der Waals surface area contributed by atoms with E-state index in [-0.39, 0.29) is 44.9 Å². The molecule has 0 radical (unpaired) electrons. The van der Waals surface area contributed by atoms with Gasteiger partial charge in [0.1, 0.15) is 5.97 Å². The molecule has 0 atom stereocenters. The maximum Gasteiger partial charge on any atom is 1.00 e. The van der Waals surface area contributed by atoms with Crippen molar-refractivity contribution in [1.82, 2.24) is 9.80 Å². The van der Waals surface area contributed by atoms with E-state index in [4.69, 9.17) is 5.48 Å². The molecule has 5 heteroatoms. The molecule has 1 rings (SSSR count). The van der Waals surface area contributed by atoms with Gasteiger partial charge in [-0.15, -0.1) is 0 Å². The van der Waals surface area contributed by atoms with Gasteiger partial charge in [-0.3, -0.25) is 4.90 Å². The summed E-state index contributed by atoms with van der Waals surface area (Å²) in [5.74, 6) is 2.65. The molecule has 1 aliphatic heterocycles. The van der Waals surface area contributed by atoms with Gasteiger partial charge in [0, 0.05) is 44.5 Å². The van der Waals surface area contributed by atoms with Gasteiger partial charge >= 0.3 is 18.9 Å². The van der Waals surface area contributed by atoms with E-state index in [1.165, 1.54) is 0 Å². The Morgan fingerprint density at radius 3 is 2.67 bits per heavy atom. The Morgan fingerprint density at radius 2 is 2.13 bits per heavy atom. The van der Waals surface area contributed by atoms with Gasteiger partial charge in [0.25, 0.3) is 0 Å². The van der Waals surface area contributed by atoms with E-state index in [0.29, 0.717) is 0 Å². The molecule has 15 heavy (non-hydrogen) atoms. The van der Waals surface area contributed by atoms with Crippen LogP contribution in [-0.2, 0) is 4.79 Å². The number of aliphatic carboxylic acids is 1. The summed E-state index contributed by atoms with van der Waals surface area (Å²) >= 11 is 0. The van der Waals surface area contributed by atoms with E-state index in [9.17, 15) is 9.90 Å². The van der Waals surface area contributed by atoms with Gasteiger partial charge in [-0.1, -0.05) is 5.92 Å². The molecule has 0 spiro atoms. The van der Waals surface area contributed by atoms with Crippen molar-refractivity contribution in [3.05, 3.63) is 0 Å². The van der Waals surface area contributed by atoms with E-state index in [0.717, 1.165) is 4.90 Å². The van der Waals surface area contributed by atoms with Crippen molar-refractivity contribution in [3.8, 4) is 11.8 Å². The second-order valence-corrected chi connectivity index (χ2v) is 2.98. The minimum absolute atomic E-state index is 0. The van der Waals surface area contributed by atoms with Crippen LogP contribution in [0.1, 0.15) is 11.9 Å². The van der Waals surface area contributed by atoms with Crippen molar-refractivity contribution >= 4 is 5.97 Å². The van der Waals surface area contributed by atoms with Gasteiger partial charge in [0.05, 0.1) is 0 Å². The molecular formula is C10H15LiN2O2. The summed E-state index contributed by atoms with van der Waals surface area (Å²) in [5.41, 5.74) is 0. The summed E-state index contributed by atoms with van der Waals surface area (Å²) in [5, 5.41) is 10.1.